The molecule has 0 bridgehead atoms. The minimum Gasteiger partial charge on any atom is -0.497 e. The van der Waals surface area contributed by atoms with Crippen molar-refractivity contribution in [3.05, 3.63) is 59.7 Å². The lowest BCUT2D eigenvalue weighted by Crippen LogP contribution is -2.44. The number of rotatable bonds is 12. The van der Waals surface area contributed by atoms with Gasteiger partial charge in [-0.05, 0) is 54.7 Å². The first kappa shape index (κ1) is 23.5. The van der Waals surface area contributed by atoms with Gasteiger partial charge < -0.3 is 25.2 Å². The van der Waals surface area contributed by atoms with Crippen LogP contribution in [0.15, 0.2) is 48.5 Å². The zero-order valence-corrected chi connectivity index (χ0v) is 17.6. The minimum absolute atomic E-state index is 0.340. The molecule has 2 atom stereocenters. The van der Waals surface area contributed by atoms with Crippen molar-refractivity contribution in [1.82, 2.24) is 10.6 Å². The Bertz CT molecular complexity index is 753. The van der Waals surface area contributed by atoms with Crippen LogP contribution < -0.4 is 20.1 Å². The van der Waals surface area contributed by atoms with Crippen LogP contribution in [0.4, 0.5) is 9.18 Å². The number of alkyl halides is 1. The predicted molar refractivity (Wildman–Crippen MR) is 115 cm³/mol. The third kappa shape index (κ3) is 7.55. The maximum atomic E-state index is 12.3. The minimum atomic E-state index is -0.845. The highest BCUT2D eigenvalue weighted by atomic mass is 19.1. The van der Waals surface area contributed by atoms with E-state index in [4.69, 9.17) is 9.47 Å². The summed E-state index contributed by atoms with van der Waals surface area (Å²) in [6.07, 6.45) is 0.871. The number of aliphatic hydroxyl groups excluding tert-OH is 1. The van der Waals surface area contributed by atoms with Gasteiger partial charge in [0.15, 0.2) is 0 Å². The largest absolute Gasteiger partial charge is 0.497 e. The first-order chi connectivity index (χ1) is 14.6. The lowest BCUT2D eigenvalue weighted by molar-refractivity contribution is 0.128. The standard InChI is InChI=1S/C23H31FN2O4/c1-3-21(26-23(28)25-16-17-6-10-19(29-2)11-7-17)22(27)18-8-12-20(13-9-18)30-15-5-4-14-24/h6-13,21-22,27H,3-5,14-16H2,1-2H3,(H2,25,26,28)/t21-,22-/m1/s1. The Hall–Kier alpha value is -2.80. The number of carbonyl (C=O) groups excluding carboxylic acids is 1. The fourth-order valence-electron chi connectivity index (χ4n) is 2.93. The molecule has 7 heteroatoms. The molecular formula is C23H31FN2O4. The number of carbonyl (C=O) groups is 1. The Morgan fingerprint density at radius 2 is 1.73 bits per heavy atom. The molecule has 0 radical (unpaired) electrons. The van der Waals surface area contributed by atoms with E-state index in [9.17, 15) is 14.3 Å². The van der Waals surface area contributed by atoms with Crippen LogP contribution in [-0.4, -0.2) is 37.6 Å². The van der Waals surface area contributed by atoms with E-state index >= 15 is 0 Å². The second kappa shape index (κ2) is 12.7. The molecule has 6 nitrogen and oxygen atoms in total. The molecule has 2 aromatic rings. The number of halogens is 1. The summed E-state index contributed by atoms with van der Waals surface area (Å²) in [4.78, 5) is 12.3. The second-order valence-electron chi connectivity index (χ2n) is 6.95. The van der Waals surface area contributed by atoms with Gasteiger partial charge >= 0.3 is 6.03 Å². The van der Waals surface area contributed by atoms with Crippen LogP contribution in [0.2, 0.25) is 0 Å². The van der Waals surface area contributed by atoms with E-state index in [-0.39, 0.29) is 12.7 Å². The number of hydrogen-bond acceptors (Lipinski definition) is 4. The number of amides is 2. The fourth-order valence-corrected chi connectivity index (χ4v) is 2.93. The van der Waals surface area contributed by atoms with E-state index in [2.05, 4.69) is 10.6 Å². The Kier molecular flexibility index (Phi) is 9.94. The second-order valence-corrected chi connectivity index (χ2v) is 6.95. The molecule has 3 N–H and O–H groups in total. The summed E-state index contributed by atoms with van der Waals surface area (Å²) in [6.45, 7) is 2.39. The van der Waals surface area contributed by atoms with Crippen molar-refractivity contribution in [2.24, 2.45) is 0 Å². The first-order valence-electron chi connectivity index (χ1n) is 10.2. The number of methoxy groups -OCH3 is 1. The van der Waals surface area contributed by atoms with Crippen LogP contribution in [-0.2, 0) is 6.54 Å². The summed E-state index contributed by atoms with van der Waals surface area (Å²) in [5, 5.41) is 16.3. The molecule has 30 heavy (non-hydrogen) atoms. The lowest BCUT2D eigenvalue weighted by atomic mass is 10.0. The van der Waals surface area contributed by atoms with Gasteiger partial charge in [0.2, 0.25) is 0 Å². The Balaban J connectivity index is 1.83. The molecule has 0 aliphatic heterocycles. The summed E-state index contributed by atoms with van der Waals surface area (Å²) in [7, 11) is 1.60. The Labute approximate surface area is 177 Å². The number of hydrogen-bond donors (Lipinski definition) is 3. The SMILES string of the molecule is CC[C@@H](NC(=O)NCc1ccc(OC)cc1)[C@H](O)c1ccc(OCCCCF)cc1. The first-order valence-corrected chi connectivity index (χ1v) is 10.2. The molecule has 0 saturated heterocycles. The Morgan fingerprint density at radius 3 is 2.33 bits per heavy atom. The van der Waals surface area contributed by atoms with Gasteiger partial charge in [-0.1, -0.05) is 31.2 Å². The molecule has 164 valence electrons. The summed E-state index contributed by atoms with van der Waals surface area (Å²) >= 11 is 0. The molecule has 0 spiro atoms. The average molecular weight is 419 g/mol. The highest BCUT2D eigenvalue weighted by Gasteiger charge is 2.21. The van der Waals surface area contributed by atoms with Gasteiger partial charge in [0.25, 0.3) is 0 Å². The number of nitrogens with one attached hydrogen (secondary N) is 2. The highest BCUT2D eigenvalue weighted by Crippen LogP contribution is 2.22. The molecule has 2 rings (SSSR count). The van der Waals surface area contributed by atoms with Crippen molar-refractivity contribution in [1.29, 1.82) is 0 Å². The normalized spacial score (nSPS) is 12.7. The predicted octanol–water partition coefficient (Wildman–Crippen LogP) is 4.14. The van der Waals surface area contributed by atoms with E-state index < -0.39 is 12.1 Å². The molecule has 2 amide bonds. The molecule has 0 aromatic heterocycles. The van der Waals surface area contributed by atoms with E-state index in [1.807, 2.05) is 31.2 Å². The Morgan fingerprint density at radius 1 is 1.07 bits per heavy atom. The molecule has 0 heterocycles. The number of urea groups is 1. The van der Waals surface area contributed by atoms with Crippen molar-refractivity contribution in [3.63, 3.8) is 0 Å². The van der Waals surface area contributed by atoms with Crippen LogP contribution in [0, 0.1) is 0 Å². The summed E-state index contributed by atoms with van der Waals surface area (Å²) in [5.74, 6) is 1.43. The summed E-state index contributed by atoms with van der Waals surface area (Å²) in [6, 6.07) is 13.7. The third-order valence-corrected chi connectivity index (χ3v) is 4.77. The van der Waals surface area contributed by atoms with Crippen molar-refractivity contribution in [2.75, 3.05) is 20.4 Å². The van der Waals surface area contributed by atoms with Crippen molar-refractivity contribution >= 4 is 6.03 Å². The van der Waals surface area contributed by atoms with Gasteiger partial charge in [-0.25, -0.2) is 4.79 Å². The van der Waals surface area contributed by atoms with Crippen LogP contribution in [0.25, 0.3) is 0 Å². The number of benzene rings is 2. The van der Waals surface area contributed by atoms with Crippen LogP contribution in [0.3, 0.4) is 0 Å². The number of unbranched alkanes of at least 4 members (excludes halogenated alkanes) is 1. The quantitative estimate of drug-likeness (QED) is 0.453. The molecule has 0 aliphatic carbocycles. The smallest absolute Gasteiger partial charge is 0.315 e. The molecule has 0 aliphatic rings. The highest BCUT2D eigenvalue weighted by molar-refractivity contribution is 5.74. The molecule has 0 fully saturated rings. The van der Waals surface area contributed by atoms with Crippen LogP contribution >= 0.6 is 0 Å². The van der Waals surface area contributed by atoms with Crippen molar-refractivity contribution < 1.29 is 23.8 Å². The van der Waals surface area contributed by atoms with Gasteiger partial charge in [-0.2, -0.15) is 0 Å². The molecule has 0 unspecified atom stereocenters. The van der Waals surface area contributed by atoms with Crippen LogP contribution in [0.5, 0.6) is 11.5 Å². The van der Waals surface area contributed by atoms with Gasteiger partial charge in [-0.15, -0.1) is 0 Å². The molecule has 0 saturated carbocycles. The van der Waals surface area contributed by atoms with E-state index in [1.54, 1.807) is 31.4 Å². The fraction of sp³-hybridized carbons (Fsp3) is 0.435. The van der Waals surface area contributed by atoms with Gasteiger partial charge in [0.1, 0.15) is 11.5 Å². The summed E-state index contributed by atoms with van der Waals surface area (Å²) < 4.78 is 22.8. The monoisotopic (exact) mass is 418 g/mol. The maximum absolute atomic E-state index is 12.3. The topological polar surface area (TPSA) is 79.8 Å². The van der Waals surface area contributed by atoms with E-state index in [0.29, 0.717) is 43.7 Å². The average Bonchev–Trinajstić information content (AvgIpc) is 2.79. The van der Waals surface area contributed by atoms with Gasteiger partial charge in [0.05, 0.1) is 32.5 Å². The number of aliphatic hydroxyl groups is 1. The van der Waals surface area contributed by atoms with Crippen LogP contribution in [0.1, 0.15) is 43.4 Å². The molecule has 2 aromatic carbocycles. The van der Waals surface area contributed by atoms with Crippen molar-refractivity contribution in [2.45, 2.75) is 44.9 Å². The molecular weight excluding hydrogens is 387 g/mol. The lowest BCUT2D eigenvalue weighted by Gasteiger charge is -2.23. The maximum Gasteiger partial charge on any atom is 0.315 e. The summed E-state index contributed by atoms with van der Waals surface area (Å²) in [5.41, 5.74) is 1.63. The van der Waals surface area contributed by atoms with E-state index in [1.165, 1.54) is 0 Å². The van der Waals surface area contributed by atoms with E-state index in [0.717, 1.165) is 11.3 Å². The van der Waals surface area contributed by atoms with Gasteiger partial charge in [0, 0.05) is 6.54 Å². The zero-order valence-electron chi connectivity index (χ0n) is 17.6. The zero-order chi connectivity index (χ0) is 21.8. The number of ether oxygens (including phenoxy) is 2. The van der Waals surface area contributed by atoms with Gasteiger partial charge in [-0.3, -0.25) is 4.39 Å². The third-order valence-electron chi connectivity index (χ3n) is 4.77. The van der Waals surface area contributed by atoms with Crippen molar-refractivity contribution in [3.8, 4) is 11.5 Å².